The van der Waals surface area contributed by atoms with Crippen molar-refractivity contribution in [1.82, 2.24) is 10.3 Å². The van der Waals surface area contributed by atoms with Gasteiger partial charge in [0.25, 0.3) is 0 Å². The van der Waals surface area contributed by atoms with E-state index in [0.29, 0.717) is 10.5 Å². The predicted molar refractivity (Wildman–Crippen MR) is 76.5 cm³/mol. The van der Waals surface area contributed by atoms with E-state index in [1.807, 2.05) is 6.92 Å². The number of piperazine rings is 1. The molecule has 0 unspecified atom stereocenters. The Hall–Kier alpha value is -1.39. The maximum Gasteiger partial charge on any atom is 0.125 e. The highest BCUT2D eigenvalue weighted by molar-refractivity contribution is 6.35. The van der Waals surface area contributed by atoms with Crippen molar-refractivity contribution in [3.63, 3.8) is 0 Å². The molecular formula is C14H15ClFN3. The largest absolute Gasteiger partial charge is 0.367 e. The molecule has 3 rings (SSSR count). The number of hydrogen-bond acceptors (Lipinski definition) is 3. The van der Waals surface area contributed by atoms with Crippen LogP contribution in [0, 0.1) is 12.7 Å². The average Bonchev–Trinajstić information content (AvgIpc) is 2.41. The van der Waals surface area contributed by atoms with E-state index < -0.39 is 0 Å². The second-order valence-corrected chi connectivity index (χ2v) is 5.14. The number of pyridine rings is 1. The van der Waals surface area contributed by atoms with Crippen molar-refractivity contribution in [2.75, 3.05) is 31.1 Å². The molecule has 0 radical (unpaired) electrons. The Labute approximate surface area is 116 Å². The maximum atomic E-state index is 13.3. The lowest BCUT2D eigenvalue weighted by atomic mass is 10.1. The number of rotatable bonds is 1. The van der Waals surface area contributed by atoms with E-state index >= 15 is 0 Å². The molecule has 0 amide bonds. The van der Waals surface area contributed by atoms with Gasteiger partial charge < -0.3 is 10.2 Å². The number of nitrogens with one attached hydrogen (secondary N) is 1. The molecule has 3 nitrogen and oxygen atoms in total. The molecule has 0 spiro atoms. The molecule has 0 atom stereocenters. The number of benzene rings is 1. The Bertz CT molecular complexity index is 624. The molecule has 0 saturated carbocycles. The zero-order chi connectivity index (χ0) is 13.4. The van der Waals surface area contributed by atoms with Crippen molar-refractivity contribution in [1.29, 1.82) is 0 Å². The summed E-state index contributed by atoms with van der Waals surface area (Å²) >= 11 is 6.43. The summed E-state index contributed by atoms with van der Waals surface area (Å²) in [5.41, 5.74) is 2.38. The van der Waals surface area contributed by atoms with Crippen molar-refractivity contribution in [2.24, 2.45) is 0 Å². The van der Waals surface area contributed by atoms with Crippen LogP contribution in [0.15, 0.2) is 18.2 Å². The SMILES string of the molecule is Cc1nc2cc(F)ccc2c(N2CCNCC2)c1Cl. The van der Waals surface area contributed by atoms with E-state index in [1.54, 1.807) is 6.07 Å². The number of aromatic nitrogens is 1. The summed E-state index contributed by atoms with van der Waals surface area (Å²) in [6.45, 7) is 5.52. The van der Waals surface area contributed by atoms with Gasteiger partial charge in [0.15, 0.2) is 0 Å². The van der Waals surface area contributed by atoms with Crippen LogP contribution in [0.3, 0.4) is 0 Å². The summed E-state index contributed by atoms with van der Waals surface area (Å²) in [6.07, 6.45) is 0. The zero-order valence-electron chi connectivity index (χ0n) is 10.7. The Morgan fingerprint density at radius 2 is 2.05 bits per heavy atom. The molecule has 1 aromatic heterocycles. The third-order valence-corrected chi connectivity index (χ3v) is 3.91. The highest BCUT2D eigenvalue weighted by Crippen LogP contribution is 2.35. The second-order valence-electron chi connectivity index (χ2n) is 4.76. The minimum Gasteiger partial charge on any atom is -0.367 e. The Balaban J connectivity index is 2.22. The van der Waals surface area contributed by atoms with E-state index in [2.05, 4.69) is 15.2 Å². The van der Waals surface area contributed by atoms with Crippen LogP contribution in [-0.4, -0.2) is 31.2 Å². The van der Waals surface area contributed by atoms with Gasteiger partial charge in [0.2, 0.25) is 0 Å². The van der Waals surface area contributed by atoms with Crippen LogP contribution in [-0.2, 0) is 0 Å². The molecule has 1 fully saturated rings. The van der Waals surface area contributed by atoms with E-state index in [1.165, 1.54) is 12.1 Å². The third-order valence-electron chi connectivity index (χ3n) is 3.46. The summed E-state index contributed by atoms with van der Waals surface area (Å²) in [5, 5.41) is 4.90. The molecule has 1 saturated heterocycles. The molecular weight excluding hydrogens is 265 g/mol. The lowest BCUT2D eigenvalue weighted by Gasteiger charge is -2.31. The van der Waals surface area contributed by atoms with Gasteiger partial charge in [-0.15, -0.1) is 0 Å². The zero-order valence-corrected chi connectivity index (χ0v) is 11.5. The van der Waals surface area contributed by atoms with Gasteiger partial charge in [-0.2, -0.15) is 0 Å². The van der Waals surface area contributed by atoms with Crippen molar-refractivity contribution in [3.05, 3.63) is 34.7 Å². The quantitative estimate of drug-likeness (QED) is 0.870. The average molecular weight is 280 g/mol. The number of halogens is 2. The lowest BCUT2D eigenvalue weighted by Crippen LogP contribution is -2.43. The van der Waals surface area contributed by atoms with Gasteiger partial charge in [0, 0.05) is 37.6 Å². The fourth-order valence-corrected chi connectivity index (χ4v) is 2.78. The second kappa shape index (κ2) is 4.94. The lowest BCUT2D eigenvalue weighted by molar-refractivity contribution is 0.590. The number of aryl methyl sites for hydroxylation is 1. The van der Waals surface area contributed by atoms with Gasteiger partial charge >= 0.3 is 0 Å². The number of anilines is 1. The summed E-state index contributed by atoms with van der Waals surface area (Å²) in [5.74, 6) is -0.270. The first-order chi connectivity index (χ1) is 9.16. The normalized spacial score (nSPS) is 16.1. The monoisotopic (exact) mass is 279 g/mol. The van der Waals surface area contributed by atoms with Crippen molar-refractivity contribution in [3.8, 4) is 0 Å². The fraction of sp³-hybridized carbons (Fsp3) is 0.357. The van der Waals surface area contributed by atoms with E-state index in [0.717, 1.165) is 42.9 Å². The van der Waals surface area contributed by atoms with Crippen LogP contribution in [0.25, 0.3) is 10.9 Å². The van der Waals surface area contributed by atoms with E-state index in [4.69, 9.17) is 11.6 Å². The number of hydrogen-bond donors (Lipinski definition) is 1. The van der Waals surface area contributed by atoms with Crippen LogP contribution >= 0.6 is 11.6 Å². The molecule has 2 heterocycles. The fourth-order valence-electron chi connectivity index (χ4n) is 2.51. The van der Waals surface area contributed by atoms with Crippen LogP contribution in [0.5, 0.6) is 0 Å². The molecule has 1 aliphatic rings. The topological polar surface area (TPSA) is 28.2 Å². The van der Waals surface area contributed by atoms with Crippen LogP contribution in [0.4, 0.5) is 10.1 Å². The van der Waals surface area contributed by atoms with E-state index in [9.17, 15) is 4.39 Å². The molecule has 0 bridgehead atoms. The molecule has 1 N–H and O–H groups in total. The first kappa shape index (κ1) is 12.6. The highest BCUT2D eigenvalue weighted by atomic mass is 35.5. The van der Waals surface area contributed by atoms with Crippen LogP contribution in [0.2, 0.25) is 5.02 Å². The summed E-state index contributed by atoms with van der Waals surface area (Å²) < 4.78 is 13.3. The molecule has 100 valence electrons. The first-order valence-electron chi connectivity index (χ1n) is 6.38. The molecule has 1 aromatic carbocycles. The van der Waals surface area contributed by atoms with Gasteiger partial charge in [-0.25, -0.2) is 4.39 Å². The van der Waals surface area contributed by atoms with Crippen molar-refractivity contribution < 1.29 is 4.39 Å². The van der Waals surface area contributed by atoms with Crippen LogP contribution < -0.4 is 10.2 Å². The molecule has 0 aliphatic carbocycles. The summed E-state index contributed by atoms with van der Waals surface area (Å²) in [7, 11) is 0. The Morgan fingerprint density at radius 1 is 1.32 bits per heavy atom. The summed E-state index contributed by atoms with van der Waals surface area (Å²) in [4.78, 5) is 6.62. The van der Waals surface area contributed by atoms with Gasteiger partial charge in [-0.05, 0) is 19.1 Å². The van der Waals surface area contributed by atoms with Gasteiger partial charge in [-0.3, -0.25) is 4.98 Å². The van der Waals surface area contributed by atoms with Gasteiger partial charge in [0.05, 0.1) is 21.9 Å². The van der Waals surface area contributed by atoms with E-state index in [-0.39, 0.29) is 5.82 Å². The number of nitrogens with zero attached hydrogens (tertiary/aromatic N) is 2. The minimum absolute atomic E-state index is 0.270. The van der Waals surface area contributed by atoms with Crippen LogP contribution in [0.1, 0.15) is 5.69 Å². The Morgan fingerprint density at radius 3 is 2.79 bits per heavy atom. The molecule has 2 aromatic rings. The van der Waals surface area contributed by atoms with Gasteiger partial charge in [0.1, 0.15) is 5.82 Å². The highest BCUT2D eigenvalue weighted by Gasteiger charge is 2.19. The third kappa shape index (κ3) is 2.26. The van der Waals surface area contributed by atoms with Crippen molar-refractivity contribution in [2.45, 2.75) is 6.92 Å². The maximum absolute atomic E-state index is 13.3. The predicted octanol–water partition coefficient (Wildman–Crippen LogP) is 2.75. The molecule has 1 aliphatic heterocycles. The van der Waals surface area contributed by atoms with Gasteiger partial charge in [-0.1, -0.05) is 11.6 Å². The molecule has 5 heteroatoms. The van der Waals surface area contributed by atoms with Crippen molar-refractivity contribution >= 4 is 28.2 Å². The Kier molecular flexibility index (Phi) is 3.29. The number of fused-ring (bicyclic) bond motifs is 1. The standard InChI is InChI=1S/C14H15ClFN3/c1-9-13(15)14(19-6-4-17-5-7-19)11-3-2-10(16)8-12(11)18-9/h2-3,8,17H,4-7H2,1H3. The summed E-state index contributed by atoms with van der Waals surface area (Å²) in [6, 6.07) is 4.69. The smallest absolute Gasteiger partial charge is 0.125 e. The molecule has 19 heavy (non-hydrogen) atoms. The first-order valence-corrected chi connectivity index (χ1v) is 6.75. The minimum atomic E-state index is -0.270.